The van der Waals surface area contributed by atoms with E-state index in [1.807, 2.05) is 19.1 Å². The summed E-state index contributed by atoms with van der Waals surface area (Å²) in [6, 6.07) is 5.52. The Morgan fingerprint density at radius 1 is 1.54 bits per heavy atom. The lowest BCUT2D eigenvalue weighted by Gasteiger charge is -2.10. The molecule has 0 aliphatic heterocycles. The molecule has 0 heterocycles. The van der Waals surface area contributed by atoms with Crippen LogP contribution in [0.5, 0.6) is 0 Å². The van der Waals surface area contributed by atoms with Gasteiger partial charge in [0, 0.05) is 5.02 Å². The summed E-state index contributed by atoms with van der Waals surface area (Å²) in [4.78, 5) is 0. The maximum Gasteiger partial charge on any atom is 0.0802 e. The number of aliphatic hydroxyl groups excluding tert-OH is 1. The molecule has 1 unspecified atom stereocenters. The van der Waals surface area contributed by atoms with Crippen LogP contribution in [0.2, 0.25) is 5.02 Å². The summed E-state index contributed by atoms with van der Waals surface area (Å²) in [5, 5.41) is 10.3. The summed E-state index contributed by atoms with van der Waals surface area (Å²) >= 11 is 5.86. The van der Waals surface area contributed by atoms with Crippen LogP contribution in [0.4, 0.5) is 0 Å². The predicted octanol–water partition coefficient (Wildman–Crippen LogP) is 2.03. The Hall–Kier alpha value is -0.570. The summed E-state index contributed by atoms with van der Waals surface area (Å²) in [7, 11) is 0. The van der Waals surface area contributed by atoms with E-state index in [1.54, 1.807) is 6.07 Å². The third-order valence-corrected chi connectivity index (χ3v) is 2.43. The van der Waals surface area contributed by atoms with E-state index in [-0.39, 0.29) is 0 Å². The zero-order valence-corrected chi connectivity index (χ0v) is 8.38. The number of aryl methyl sites for hydroxylation is 1. The monoisotopic (exact) mass is 199 g/mol. The fraction of sp³-hybridized carbons (Fsp3) is 0.400. The zero-order chi connectivity index (χ0) is 9.84. The van der Waals surface area contributed by atoms with Gasteiger partial charge in [-0.1, -0.05) is 23.7 Å². The first-order chi connectivity index (χ1) is 6.15. The number of rotatable bonds is 3. The number of benzene rings is 1. The highest BCUT2D eigenvalue weighted by atomic mass is 35.5. The summed E-state index contributed by atoms with van der Waals surface area (Å²) in [6.07, 6.45) is 0.113. The second kappa shape index (κ2) is 4.61. The quantitative estimate of drug-likeness (QED) is 0.783. The summed E-state index contributed by atoms with van der Waals surface area (Å²) in [5.41, 5.74) is 7.21. The molecule has 3 heteroatoms. The second-order valence-electron chi connectivity index (χ2n) is 3.10. The molecule has 0 amide bonds. The first-order valence-electron chi connectivity index (χ1n) is 4.29. The van der Waals surface area contributed by atoms with E-state index in [0.29, 0.717) is 13.0 Å². The molecule has 13 heavy (non-hydrogen) atoms. The second-order valence-corrected chi connectivity index (χ2v) is 3.51. The van der Waals surface area contributed by atoms with Crippen LogP contribution >= 0.6 is 11.6 Å². The van der Waals surface area contributed by atoms with E-state index in [9.17, 15) is 5.11 Å². The third kappa shape index (κ3) is 2.69. The average Bonchev–Trinajstić information content (AvgIpc) is 2.10. The molecule has 0 saturated carbocycles. The van der Waals surface area contributed by atoms with Crippen LogP contribution in [0.25, 0.3) is 0 Å². The van der Waals surface area contributed by atoms with Crippen molar-refractivity contribution < 1.29 is 5.11 Å². The smallest absolute Gasteiger partial charge is 0.0802 e. The molecule has 3 N–H and O–H groups in total. The van der Waals surface area contributed by atoms with Gasteiger partial charge in [0.2, 0.25) is 0 Å². The standard InChI is InChI=1S/C10H14ClNO/c1-7-6-8(2-3-9(7)11)10(13)4-5-12/h2-3,6,10,13H,4-5,12H2,1H3. The molecule has 72 valence electrons. The van der Waals surface area contributed by atoms with Gasteiger partial charge in [0.25, 0.3) is 0 Å². The molecule has 0 aliphatic rings. The van der Waals surface area contributed by atoms with Gasteiger partial charge in [0.05, 0.1) is 6.10 Å². The highest BCUT2D eigenvalue weighted by Crippen LogP contribution is 2.22. The summed E-state index contributed by atoms with van der Waals surface area (Å²) < 4.78 is 0. The lowest BCUT2D eigenvalue weighted by Crippen LogP contribution is -2.06. The van der Waals surface area contributed by atoms with Crippen LogP contribution in [0.15, 0.2) is 18.2 Å². The fourth-order valence-electron chi connectivity index (χ4n) is 1.20. The van der Waals surface area contributed by atoms with Crippen molar-refractivity contribution in [3.63, 3.8) is 0 Å². The first kappa shape index (κ1) is 10.5. The topological polar surface area (TPSA) is 46.2 Å². The van der Waals surface area contributed by atoms with Crippen LogP contribution in [0.1, 0.15) is 23.7 Å². The van der Waals surface area contributed by atoms with Gasteiger partial charge in [-0.3, -0.25) is 0 Å². The Bertz CT molecular complexity index is 288. The van der Waals surface area contributed by atoms with Gasteiger partial charge in [-0.15, -0.1) is 0 Å². The van der Waals surface area contributed by atoms with Crippen molar-refractivity contribution in [1.29, 1.82) is 0 Å². The minimum absolute atomic E-state index is 0.471. The van der Waals surface area contributed by atoms with Gasteiger partial charge in [-0.05, 0) is 37.1 Å². The van der Waals surface area contributed by atoms with Crippen LogP contribution in [0, 0.1) is 6.92 Å². The van der Waals surface area contributed by atoms with Crippen molar-refractivity contribution in [3.05, 3.63) is 34.3 Å². The molecule has 1 aromatic rings. The minimum atomic E-state index is -0.471. The van der Waals surface area contributed by atoms with Gasteiger partial charge in [-0.25, -0.2) is 0 Å². The maximum absolute atomic E-state index is 9.61. The Balaban J connectivity index is 2.84. The van der Waals surface area contributed by atoms with Gasteiger partial charge >= 0.3 is 0 Å². The van der Waals surface area contributed by atoms with Crippen molar-refractivity contribution in [2.45, 2.75) is 19.4 Å². The highest BCUT2D eigenvalue weighted by Gasteiger charge is 2.06. The molecule has 0 aromatic heterocycles. The Morgan fingerprint density at radius 3 is 2.77 bits per heavy atom. The van der Waals surface area contributed by atoms with E-state index < -0.39 is 6.10 Å². The van der Waals surface area contributed by atoms with E-state index in [1.165, 1.54) is 0 Å². The SMILES string of the molecule is Cc1cc(C(O)CCN)ccc1Cl. The Labute approximate surface area is 83.3 Å². The molecule has 1 rings (SSSR count). The van der Waals surface area contributed by atoms with E-state index in [0.717, 1.165) is 16.1 Å². The molecule has 0 fully saturated rings. The van der Waals surface area contributed by atoms with E-state index in [2.05, 4.69) is 0 Å². The van der Waals surface area contributed by atoms with Gasteiger partial charge in [-0.2, -0.15) is 0 Å². The fourth-order valence-corrected chi connectivity index (χ4v) is 1.32. The van der Waals surface area contributed by atoms with Crippen LogP contribution in [-0.2, 0) is 0 Å². The number of aliphatic hydroxyl groups is 1. The largest absolute Gasteiger partial charge is 0.388 e. The minimum Gasteiger partial charge on any atom is -0.388 e. The molecule has 1 atom stereocenters. The summed E-state index contributed by atoms with van der Waals surface area (Å²) in [5.74, 6) is 0. The van der Waals surface area contributed by atoms with Crippen LogP contribution < -0.4 is 5.73 Å². The Morgan fingerprint density at radius 2 is 2.23 bits per heavy atom. The molecule has 2 nitrogen and oxygen atoms in total. The van der Waals surface area contributed by atoms with Crippen molar-refractivity contribution in [2.24, 2.45) is 5.73 Å². The lowest BCUT2D eigenvalue weighted by atomic mass is 10.0. The number of nitrogens with two attached hydrogens (primary N) is 1. The van der Waals surface area contributed by atoms with Crippen LogP contribution in [0.3, 0.4) is 0 Å². The summed E-state index contributed by atoms with van der Waals surface area (Å²) in [6.45, 7) is 2.41. The van der Waals surface area contributed by atoms with Gasteiger partial charge < -0.3 is 10.8 Å². The molecular formula is C10H14ClNO. The number of halogens is 1. The van der Waals surface area contributed by atoms with Crippen molar-refractivity contribution in [2.75, 3.05) is 6.54 Å². The lowest BCUT2D eigenvalue weighted by molar-refractivity contribution is 0.170. The normalized spacial score (nSPS) is 12.9. The number of hydrogen-bond donors (Lipinski definition) is 2. The Kier molecular flexibility index (Phi) is 3.72. The highest BCUT2D eigenvalue weighted by molar-refractivity contribution is 6.31. The molecule has 0 bridgehead atoms. The average molecular weight is 200 g/mol. The van der Waals surface area contributed by atoms with E-state index in [4.69, 9.17) is 17.3 Å². The van der Waals surface area contributed by atoms with Crippen molar-refractivity contribution in [3.8, 4) is 0 Å². The maximum atomic E-state index is 9.61. The van der Waals surface area contributed by atoms with E-state index >= 15 is 0 Å². The molecule has 0 saturated heterocycles. The molecular weight excluding hydrogens is 186 g/mol. The number of hydrogen-bond acceptors (Lipinski definition) is 2. The first-order valence-corrected chi connectivity index (χ1v) is 4.67. The van der Waals surface area contributed by atoms with Crippen molar-refractivity contribution >= 4 is 11.6 Å². The molecule has 0 aliphatic carbocycles. The van der Waals surface area contributed by atoms with Gasteiger partial charge in [0.15, 0.2) is 0 Å². The molecule has 1 aromatic carbocycles. The van der Waals surface area contributed by atoms with Gasteiger partial charge in [0.1, 0.15) is 0 Å². The third-order valence-electron chi connectivity index (χ3n) is 2.01. The predicted molar refractivity (Wildman–Crippen MR) is 54.8 cm³/mol. The molecule has 0 radical (unpaired) electrons. The zero-order valence-electron chi connectivity index (χ0n) is 7.63. The van der Waals surface area contributed by atoms with Crippen LogP contribution in [-0.4, -0.2) is 11.7 Å². The van der Waals surface area contributed by atoms with Crippen molar-refractivity contribution in [1.82, 2.24) is 0 Å². The molecule has 0 spiro atoms.